The summed E-state index contributed by atoms with van der Waals surface area (Å²) in [7, 11) is 1.81. The second kappa shape index (κ2) is 7.12. The largest absolute Gasteiger partial charge is 0.384 e. The molecule has 0 radical (unpaired) electrons. The summed E-state index contributed by atoms with van der Waals surface area (Å²) in [6.45, 7) is 8.29. The first kappa shape index (κ1) is 16.0. The minimum absolute atomic E-state index is 0.456. The van der Waals surface area contributed by atoms with Gasteiger partial charge in [0.15, 0.2) is 0 Å². The van der Waals surface area contributed by atoms with Crippen LogP contribution >= 0.6 is 0 Å². The van der Waals surface area contributed by atoms with Gasteiger partial charge in [-0.15, -0.1) is 0 Å². The summed E-state index contributed by atoms with van der Waals surface area (Å²) in [5, 5.41) is 0. The van der Waals surface area contributed by atoms with Gasteiger partial charge in [0.25, 0.3) is 0 Å². The van der Waals surface area contributed by atoms with Gasteiger partial charge in [-0.05, 0) is 50.3 Å². The summed E-state index contributed by atoms with van der Waals surface area (Å²) in [6, 6.07) is 8.96. The highest BCUT2D eigenvalue weighted by molar-refractivity contribution is 5.21. The molecule has 122 valence electrons. The van der Waals surface area contributed by atoms with Crippen molar-refractivity contribution in [1.82, 2.24) is 4.90 Å². The van der Waals surface area contributed by atoms with E-state index >= 15 is 0 Å². The monoisotopic (exact) mass is 303 g/mol. The van der Waals surface area contributed by atoms with Crippen LogP contribution < -0.4 is 0 Å². The molecule has 22 heavy (non-hydrogen) atoms. The van der Waals surface area contributed by atoms with E-state index in [0.29, 0.717) is 11.3 Å². The smallest absolute Gasteiger partial charge is 0.0521 e. The van der Waals surface area contributed by atoms with Crippen molar-refractivity contribution in [2.45, 2.75) is 32.7 Å². The molecule has 1 aromatic rings. The van der Waals surface area contributed by atoms with Gasteiger partial charge in [0.1, 0.15) is 0 Å². The number of piperidine rings is 1. The maximum absolute atomic E-state index is 5.70. The average Bonchev–Trinajstić information content (AvgIpc) is 2.54. The zero-order valence-electron chi connectivity index (χ0n) is 14.0. The molecule has 1 spiro atoms. The van der Waals surface area contributed by atoms with Crippen LogP contribution in [0.15, 0.2) is 24.3 Å². The van der Waals surface area contributed by atoms with E-state index in [4.69, 9.17) is 9.47 Å². The standard InChI is InChI=1S/C19H29NO2/c1-16-3-5-17(6-4-16)13-20-10-7-19(8-11-20)9-12-22-15-18(19)14-21-2/h3-6,18H,7-15H2,1-2H3/t18-/m0/s1. The van der Waals surface area contributed by atoms with Gasteiger partial charge in [0.05, 0.1) is 13.2 Å². The van der Waals surface area contributed by atoms with Crippen LogP contribution in [-0.4, -0.2) is 44.9 Å². The van der Waals surface area contributed by atoms with Crippen molar-refractivity contribution in [3.63, 3.8) is 0 Å². The maximum atomic E-state index is 5.70. The molecule has 3 heteroatoms. The fourth-order valence-corrected chi connectivity index (χ4v) is 4.07. The Labute approximate surface area is 134 Å². The van der Waals surface area contributed by atoms with E-state index in [1.807, 2.05) is 7.11 Å². The lowest BCUT2D eigenvalue weighted by atomic mass is 9.66. The Hall–Kier alpha value is -0.900. The van der Waals surface area contributed by atoms with Crippen LogP contribution in [0, 0.1) is 18.3 Å². The molecule has 0 unspecified atom stereocenters. The predicted molar refractivity (Wildman–Crippen MR) is 88.9 cm³/mol. The quantitative estimate of drug-likeness (QED) is 0.852. The molecule has 2 aliphatic rings. The number of nitrogens with zero attached hydrogens (tertiary/aromatic N) is 1. The van der Waals surface area contributed by atoms with E-state index < -0.39 is 0 Å². The van der Waals surface area contributed by atoms with Crippen molar-refractivity contribution in [2.24, 2.45) is 11.3 Å². The number of ether oxygens (including phenoxy) is 2. The second-order valence-electron chi connectivity index (χ2n) is 7.10. The number of benzene rings is 1. The molecule has 0 amide bonds. The Kier molecular flexibility index (Phi) is 5.17. The van der Waals surface area contributed by atoms with Gasteiger partial charge in [-0.3, -0.25) is 4.90 Å². The summed E-state index contributed by atoms with van der Waals surface area (Å²) in [5.74, 6) is 0.577. The minimum Gasteiger partial charge on any atom is -0.384 e. The molecule has 2 saturated heterocycles. The SMILES string of the molecule is COC[C@H]1COCCC12CCN(Cc1ccc(C)cc1)CC2. The van der Waals surface area contributed by atoms with Crippen molar-refractivity contribution >= 4 is 0 Å². The van der Waals surface area contributed by atoms with Crippen molar-refractivity contribution in [3.05, 3.63) is 35.4 Å². The van der Waals surface area contributed by atoms with Crippen molar-refractivity contribution in [3.8, 4) is 0 Å². The first-order chi connectivity index (χ1) is 10.7. The first-order valence-corrected chi connectivity index (χ1v) is 8.56. The van der Waals surface area contributed by atoms with Crippen molar-refractivity contribution in [2.75, 3.05) is 40.0 Å². The highest BCUT2D eigenvalue weighted by Crippen LogP contribution is 2.44. The number of hydrogen-bond acceptors (Lipinski definition) is 3. The van der Waals surface area contributed by atoms with Gasteiger partial charge >= 0.3 is 0 Å². The van der Waals surface area contributed by atoms with Crippen molar-refractivity contribution < 1.29 is 9.47 Å². The number of methoxy groups -OCH3 is 1. The lowest BCUT2D eigenvalue weighted by Gasteiger charge is -2.49. The third-order valence-corrected chi connectivity index (χ3v) is 5.68. The molecule has 2 heterocycles. The molecule has 0 saturated carbocycles. The molecular formula is C19H29NO2. The normalized spacial score (nSPS) is 25.5. The fourth-order valence-electron chi connectivity index (χ4n) is 4.07. The Morgan fingerprint density at radius 2 is 1.91 bits per heavy atom. The van der Waals surface area contributed by atoms with E-state index in [1.54, 1.807) is 0 Å². The maximum Gasteiger partial charge on any atom is 0.0521 e. The summed E-state index contributed by atoms with van der Waals surface area (Å²) in [6.07, 6.45) is 3.78. The molecule has 3 nitrogen and oxygen atoms in total. The van der Waals surface area contributed by atoms with Gasteiger partial charge in [0.2, 0.25) is 0 Å². The fraction of sp³-hybridized carbons (Fsp3) is 0.684. The van der Waals surface area contributed by atoms with E-state index in [9.17, 15) is 0 Å². The van der Waals surface area contributed by atoms with Crippen molar-refractivity contribution in [1.29, 1.82) is 0 Å². The summed E-state index contributed by atoms with van der Waals surface area (Å²) in [4.78, 5) is 2.61. The average molecular weight is 303 g/mol. The molecule has 2 aliphatic heterocycles. The van der Waals surface area contributed by atoms with Crippen LogP contribution in [0.1, 0.15) is 30.4 Å². The zero-order chi connectivity index (χ0) is 15.4. The van der Waals surface area contributed by atoms with Gasteiger partial charge in [-0.25, -0.2) is 0 Å². The van der Waals surface area contributed by atoms with Crippen LogP contribution in [0.5, 0.6) is 0 Å². The zero-order valence-corrected chi connectivity index (χ0v) is 14.0. The predicted octanol–water partition coefficient (Wildman–Crippen LogP) is 3.26. The Balaban J connectivity index is 1.58. The molecule has 3 rings (SSSR count). The Bertz CT molecular complexity index is 461. The number of aryl methyl sites for hydroxylation is 1. The summed E-state index contributed by atoms with van der Waals surface area (Å²) < 4.78 is 11.2. The highest BCUT2D eigenvalue weighted by Gasteiger charge is 2.43. The lowest BCUT2D eigenvalue weighted by Crippen LogP contribution is -2.49. The molecule has 1 aromatic carbocycles. The van der Waals surface area contributed by atoms with Crippen LogP contribution in [0.4, 0.5) is 0 Å². The third kappa shape index (κ3) is 3.53. The number of hydrogen-bond donors (Lipinski definition) is 0. The van der Waals surface area contributed by atoms with Crippen LogP contribution in [0.3, 0.4) is 0 Å². The molecule has 0 bridgehead atoms. The van der Waals surface area contributed by atoms with E-state index in [0.717, 1.165) is 26.4 Å². The van der Waals surface area contributed by atoms with Gasteiger partial charge in [0, 0.05) is 26.2 Å². The Morgan fingerprint density at radius 3 is 2.59 bits per heavy atom. The molecule has 2 fully saturated rings. The third-order valence-electron chi connectivity index (χ3n) is 5.68. The summed E-state index contributed by atoms with van der Waals surface area (Å²) >= 11 is 0. The second-order valence-corrected chi connectivity index (χ2v) is 7.10. The van der Waals surface area contributed by atoms with E-state index in [-0.39, 0.29) is 0 Å². The first-order valence-electron chi connectivity index (χ1n) is 8.56. The molecule has 0 aliphatic carbocycles. The molecule has 0 aromatic heterocycles. The number of rotatable bonds is 4. The van der Waals surface area contributed by atoms with Gasteiger partial charge < -0.3 is 9.47 Å². The van der Waals surface area contributed by atoms with Crippen LogP contribution in [0.25, 0.3) is 0 Å². The van der Waals surface area contributed by atoms with Crippen LogP contribution in [-0.2, 0) is 16.0 Å². The van der Waals surface area contributed by atoms with E-state index in [1.165, 1.54) is 43.5 Å². The molecule has 0 N–H and O–H groups in total. The van der Waals surface area contributed by atoms with Gasteiger partial charge in [-0.2, -0.15) is 0 Å². The number of likely N-dealkylation sites (tertiary alicyclic amines) is 1. The van der Waals surface area contributed by atoms with Gasteiger partial charge in [-0.1, -0.05) is 29.8 Å². The summed E-state index contributed by atoms with van der Waals surface area (Å²) in [5.41, 5.74) is 3.23. The Morgan fingerprint density at radius 1 is 1.18 bits per heavy atom. The van der Waals surface area contributed by atoms with E-state index in [2.05, 4.69) is 36.1 Å². The topological polar surface area (TPSA) is 21.7 Å². The highest BCUT2D eigenvalue weighted by atomic mass is 16.5. The molecular weight excluding hydrogens is 274 g/mol. The van der Waals surface area contributed by atoms with Crippen LogP contribution in [0.2, 0.25) is 0 Å². The molecule has 1 atom stereocenters. The lowest BCUT2D eigenvalue weighted by molar-refractivity contribution is -0.0951. The minimum atomic E-state index is 0.456.